The van der Waals surface area contributed by atoms with Crippen molar-refractivity contribution >= 4 is 17.3 Å². The second-order valence-electron chi connectivity index (χ2n) is 5.27. The van der Waals surface area contributed by atoms with Crippen LogP contribution in [-0.4, -0.2) is 5.91 Å². The highest BCUT2D eigenvalue weighted by atomic mass is 16.1. The lowest BCUT2D eigenvalue weighted by molar-refractivity contribution is 0.102. The molecule has 0 unspecified atom stereocenters. The van der Waals surface area contributed by atoms with E-state index < -0.39 is 0 Å². The molecule has 3 nitrogen and oxygen atoms in total. The summed E-state index contributed by atoms with van der Waals surface area (Å²) in [5.74, 6) is -0.110. The fourth-order valence-corrected chi connectivity index (χ4v) is 2.58. The third kappa shape index (κ3) is 2.67. The van der Waals surface area contributed by atoms with E-state index in [-0.39, 0.29) is 5.91 Å². The fraction of sp³-hybridized carbons (Fsp3) is 0.235. The zero-order valence-electron chi connectivity index (χ0n) is 12.4. The molecule has 2 aromatic carbocycles. The number of nitrogens with one attached hydrogen (secondary N) is 1. The van der Waals surface area contributed by atoms with Crippen LogP contribution in [0.15, 0.2) is 30.3 Å². The lowest BCUT2D eigenvalue weighted by Crippen LogP contribution is -2.17. The van der Waals surface area contributed by atoms with E-state index in [1.165, 1.54) is 0 Å². The molecule has 0 atom stereocenters. The van der Waals surface area contributed by atoms with Crippen LogP contribution in [0.1, 0.15) is 32.6 Å². The molecule has 20 heavy (non-hydrogen) atoms. The summed E-state index contributed by atoms with van der Waals surface area (Å²) in [5.41, 5.74) is 12.0. The predicted molar refractivity (Wildman–Crippen MR) is 84.2 cm³/mol. The Balaban J connectivity index is 2.39. The Morgan fingerprint density at radius 1 is 1.00 bits per heavy atom. The van der Waals surface area contributed by atoms with Crippen molar-refractivity contribution in [3.05, 3.63) is 58.1 Å². The zero-order valence-corrected chi connectivity index (χ0v) is 12.4. The molecule has 0 aliphatic heterocycles. The van der Waals surface area contributed by atoms with Gasteiger partial charge in [-0.05, 0) is 50.5 Å². The van der Waals surface area contributed by atoms with Gasteiger partial charge in [-0.2, -0.15) is 0 Å². The van der Waals surface area contributed by atoms with Gasteiger partial charge >= 0.3 is 0 Å². The first-order chi connectivity index (χ1) is 9.40. The molecule has 0 saturated heterocycles. The van der Waals surface area contributed by atoms with Gasteiger partial charge in [-0.3, -0.25) is 4.79 Å². The summed E-state index contributed by atoms with van der Waals surface area (Å²) in [4.78, 5) is 12.5. The van der Waals surface area contributed by atoms with Crippen molar-refractivity contribution in [2.75, 3.05) is 11.1 Å². The first kappa shape index (κ1) is 14.1. The third-order valence-electron chi connectivity index (χ3n) is 3.45. The standard InChI is InChI=1S/C17H20N2O/c1-10-8-12(3)15(13(4)9-10)17(20)19-16-11(2)6-5-7-14(16)18/h5-9H,18H2,1-4H3,(H,19,20). The minimum Gasteiger partial charge on any atom is -0.397 e. The van der Waals surface area contributed by atoms with Crippen molar-refractivity contribution in [2.45, 2.75) is 27.7 Å². The molecule has 0 spiro atoms. The highest BCUT2D eigenvalue weighted by molar-refractivity contribution is 6.08. The number of rotatable bonds is 2. The second-order valence-corrected chi connectivity index (χ2v) is 5.27. The number of hydrogen-bond donors (Lipinski definition) is 2. The SMILES string of the molecule is Cc1cc(C)c(C(=O)Nc2c(C)cccc2N)c(C)c1. The molecule has 2 rings (SSSR count). The Bertz CT molecular complexity index is 631. The number of anilines is 2. The van der Waals surface area contributed by atoms with Crippen LogP contribution in [0.25, 0.3) is 0 Å². The molecule has 0 aromatic heterocycles. The van der Waals surface area contributed by atoms with Gasteiger partial charge in [-0.25, -0.2) is 0 Å². The van der Waals surface area contributed by atoms with Crippen LogP contribution in [0.5, 0.6) is 0 Å². The molecule has 3 heteroatoms. The summed E-state index contributed by atoms with van der Waals surface area (Å²) in [6, 6.07) is 9.63. The van der Waals surface area contributed by atoms with Gasteiger partial charge < -0.3 is 11.1 Å². The normalized spacial score (nSPS) is 10.4. The van der Waals surface area contributed by atoms with Crippen LogP contribution in [0.2, 0.25) is 0 Å². The molecule has 0 aliphatic rings. The molecule has 0 saturated carbocycles. The predicted octanol–water partition coefficient (Wildman–Crippen LogP) is 3.75. The van der Waals surface area contributed by atoms with Crippen LogP contribution in [0.4, 0.5) is 11.4 Å². The zero-order chi connectivity index (χ0) is 14.9. The summed E-state index contributed by atoms with van der Waals surface area (Å²) < 4.78 is 0. The Labute approximate surface area is 119 Å². The van der Waals surface area contributed by atoms with E-state index in [4.69, 9.17) is 5.73 Å². The monoisotopic (exact) mass is 268 g/mol. The lowest BCUT2D eigenvalue weighted by Gasteiger charge is -2.14. The molecule has 0 aliphatic carbocycles. The largest absolute Gasteiger partial charge is 0.397 e. The maximum atomic E-state index is 12.5. The van der Waals surface area contributed by atoms with Crippen molar-refractivity contribution in [3.8, 4) is 0 Å². The second kappa shape index (κ2) is 5.37. The van der Waals surface area contributed by atoms with Crippen LogP contribution in [0.3, 0.4) is 0 Å². The van der Waals surface area contributed by atoms with E-state index in [2.05, 4.69) is 5.32 Å². The molecular weight excluding hydrogens is 248 g/mol. The van der Waals surface area contributed by atoms with Gasteiger partial charge in [0.2, 0.25) is 0 Å². The number of nitrogen functional groups attached to an aromatic ring is 1. The van der Waals surface area contributed by atoms with Gasteiger partial charge in [0.1, 0.15) is 0 Å². The maximum Gasteiger partial charge on any atom is 0.256 e. The number of carbonyl (C=O) groups excluding carboxylic acids is 1. The Morgan fingerprint density at radius 3 is 2.15 bits per heavy atom. The van der Waals surface area contributed by atoms with E-state index in [9.17, 15) is 4.79 Å². The number of carbonyl (C=O) groups is 1. The molecule has 0 fully saturated rings. The molecule has 1 amide bonds. The van der Waals surface area contributed by atoms with Crippen molar-refractivity contribution in [1.82, 2.24) is 0 Å². The summed E-state index contributed by atoms with van der Waals surface area (Å²) >= 11 is 0. The van der Waals surface area contributed by atoms with Crippen LogP contribution in [0, 0.1) is 27.7 Å². The van der Waals surface area contributed by atoms with Crippen LogP contribution < -0.4 is 11.1 Å². The smallest absolute Gasteiger partial charge is 0.256 e. The van der Waals surface area contributed by atoms with E-state index in [0.717, 1.165) is 27.8 Å². The fourth-order valence-electron chi connectivity index (χ4n) is 2.58. The van der Waals surface area contributed by atoms with E-state index >= 15 is 0 Å². The Hall–Kier alpha value is -2.29. The number of para-hydroxylation sites is 1. The van der Waals surface area contributed by atoms with E-state index in [1.54, 1.807) is 6.07 Å². The van der Waals surface area contributed by atoms with Crippen molar-refractivity contribution in [2.24, 2.45) is 0 Å². The highest BCUT2D eigenvalue weighted by Gasteiger charge is 2.15. The molecule has 0 heterocycles. The lowest BCUT2D eigenvalue weighted by atomic mass is 9.99. The third-order valence-corrected chi connectivity index (χ3v) is 3.45. The first-order valence-electron chi connectivity index (χ1n) is 6.64. The molecule has 104 valence electrons. The average Bonchev–Trinajstić information content (AvgIpc) is 2.32. The average molecular weight is 268 g/mol. The Kier molecular flexibility index (Phi) is 3.79. The molecule has 3 N–H and O–H groups in total. The van der Waals surface area contributed by atoms with Gasteiger partial charge in [-0.1, -0.05) is 29.8 Å². The molecular formula is C17H20N2O. The summed E-state index contributed by atoms with van der Waals surface area (Å²) in [6.07, 6.45) is 0. The van der Waals surface area contributed by atoms with Crippen molar-refractivity contribution < 1.29 is 4.79 Å². The van der Waals surface area contributed by atoms with Crippen LogP contribution >= 0.6 is 0 Å². The molecule has 2 aromatic rings. The van der Waals surface area contributed by atoms with E-state index in [0.29, 0.717) is 11.4 Å². The quantitative estimate of drug-likeness (QED) is 0.815. The van der Waals surface area contributed by atoms with Crippen molar-refractivity contribution in [1.29, 1.82) is 0 Å². The van der Waals surface area contributed by atoms with Gasteiger partial charge in [0, 0.05) is 5.56 Å². The Morgan fingerprint density at radius 2 is 1.60 bits per heavy atom. The highest BCUT2D eigenvalue weighted by Crippen LogP contribution is 2.24. The van der Waals surface area contributed by atoms with Gasteiger partial charge in [-0.15, -0.1) is 0 Å². The maximum absolute atomic E-state index is 12.5. The minimum atomic E-state index is -0.110. The van der Waals surface area contributed by atoms with Crippen LogP contribution in [-0.2, 0) is 0 Å². The van der Waals surface area contributed by atoms with Gasteiger partial charge in [0.05, 0.1) is 11.4 Å². The number of aryl methyl sites for hydroxylation is 4. The minimum absolute atomic E-state index is 0.110. The number of nitrogens with two attached hydrogens (primary N) is 1. The summed E-state index contributed by atoms with van der Waals surface area (Å²) in [7, 11) is 0. The van der Waals surface area contributed by atoms with Gasteiger partial charge in [0.15, 0.2) is 0 Å². The molecule has 0 bridgehead atoms. The summed E-state index contributed by atoms with van der Waals surface area (Å²) in [5, 5.41) is 2.93. The number of hydrogen-bond acceptors (Lipinski definition) is 2. The topological polar surface area (TPSA) is 55.1 Å². The van der Waals surface area contributed by atoms with Crippen molar-refractivity contribution in [3.63, 3.8) is 0 Å². The molecule has 0 radical (unpaired) electrons. The summed E-state index contributed by atoms with van der Waals surface area (Å²) in [6.45, 7) is 7.87. The van der Waals surface area contributed by atoms with Gasteiger partial charge in [0.25, 0.3) is 5.91 Å². The first-order valence-corrected chi connectivity index (χ1v) is 6.64. The number of amides is 1. The van der Waals surface area contributed by atoms with E-state index in [1.807, 2.05) is 52.0 Å². The number of benzene rings is 2.